The van der Waals surface area contributed by atoms with E-state index in [1.807, 2.05) is 24.3 Å². The molecule has 1 aromatic heterocycles. The molecule has 2 nitrogen and oxygen atoms in total. The number of hydrogen-bond donors (Lipinski definition) is 0. The SMILES string of the molecule is ClCc1cnc(Oc2cccc(I)c2)s1. The second-order valence-electron chi connectivity index (χ2n) is 2.79. The van der Waals surface area contributed by atoms with E-state index in [9.17, 15) is 0 Å². The van der Waals surface area contributed by atoms with E-state index in [-0.39, 0.29) is 0 Å². The van der Waals surface area contributed by atoms with Gasteiger partial charge in [0.15, 0.2) is 0 Å². The van der Waals surface area contributed by atoms with E-state index in [0.717, 1.165) is 14.2 Å². The Hall–Kier alpha value is -0.330. The van der Waals surface area contributed by atoms with Crippen LogP contribution in [0.25, 0.3) is 0 Å². The zero-order valence-electron chi connectivity index (χ0n) is 7.61. The number of ether oxygens (including phenoxy) is 1. The summed E-state index contributed by atoms with van der Waals surface area (Å²) in [7, 11) is 0. The Balaban J connectivity index is 2.14. The Morgan fingerprint density at radius 1 is 1.47 bits per heavy atom. The number of alkyl halides is 1. The largest absolute Gasteiger partial charge is 0.431 e. The van der Waals surface area contributed by atoms with Gasteiger partial charge in [0, 0.05) is 14.6 Å². The van der Waals surface area contributed by atoms with Gasteiger partial charge in [-0.15, -0.1) is 11.6 Å². The van der Waals surface area contributed by atoms with E-state index in [0.29, 0.717) is 11.1 Å². The first-order valence-corrected chi connectivity index (χ1v) is 6.65. The van der Waals surface area contributed by atoms with Gasteiger partial charge in [0.1, 0.15) is 5.75 Å². The lowest BCUT2D eigenvalue weighted by atomic mass is 10.3. The van der Waals surface area contributed by atoms with E-state index < -0.39 is 0 Å². The van der Waals surface area contributed by atoms with Crippen molar-refractivity contribution in [3.05, 3.63) is 38.9 Å². The van der Waals surface area contributed by atoms with Crippen molar-refractivity contribution in [1.82, 2.24) is 4.98 Å². The van der Waals surface area contributed by atoms with E-state index in [2.05, 4.69) is 27.6 Å². The lowest BCUT2D eigenvalue weighted by Gasteiger charge is -2.00. The van der Waals surface area contributed by atoms with Crippen molar-refractivity contribution in [1.29, 1.82) is 0 Å². The van der Waals surface area contributed by atoms with E-state index in [4.69, 9.17) is 16.3 Å². The summed E-state index contributed by atoms with van der Waals surface area (Å²) in [6, 6.07) is 7.83. The van der Waals surface area contributed by atoms with Crippen LogP contribution in [0.15, 0.2) is 30.5 Å². The third kappa shape index (κ3) is 3.06. The first kappa shape index (κ1) is 11.2. The van der Waals surface area contributed by atoms with Crippen LogP contribution < -0.4 is 4.74 Å². The van der Waals surface area contributed by atoms with Crippen LogP contribution in [0.3, 0.4) is 0 Å². The molecule has 0 unspecified atom stereocenters. The summed E-state index contributed by atoms with van der Waals surface area (Å²) in [5.74, 6) is 1.28. The standard InChI is InChI=1S/C10H7ClINOS/c11-5-9-6-13-10(15-9)14-8-3-1-2-7(12)4-8/h1-4,6H,5H2. The second kappa shape index (κ2) is 5.14. The molecule has 0 aliphatic carbocycles. The van der Waals surface area contributed by atoms with Gasteiger partial charge in [-0.3, -0.25) is 0 Å². The molecule has 0 aliphatic rings. The Bertz CT molecular complexity index is 460. The third-order valence-corrected chi connectivity index (χ3v) is 3.66. The zero-order chi connectivity index (χ0) is 10.7. The molecule has 2 rings (SSSR count). The number of aromatic nitrogens is 1. The fourth-order valence-electron chi connectivity index (χ4n) is 1.03. The van der Waals surface area contributed by atoms with Crippen LogP contribution in [0.1, 0.15) is 4.88 Å². The van der Waals surface area contributed by atoms with Gasteiger partial charge in [-0.2, -0.15) is 0 Å². The molecule has 0 saturated heterocycles. The summed E-state index contributed by atoms with van der Waals surface area (Å²) in [6.45, 7) is 0. The highest BCUT2D eigenvalue weighted by Crippen LogP contribution is 2.27. The Kier molecular flexibility index (Phi) is 3.82. The van der Waals surface area contributed by atoms with Gasteiger partial charge in [-0.05, 0) is 40.8 Å². The molecule has 15 heavy (non-hydrogen) atoms. The summed E-state index contributed by atoms with van der Waals surface area (Å²) in [5.41, 5.74) is 0. The molecule has 0 aliphatic heterocycles. The number of benzene rings is 1. The van der Waals surface area contributed by atoms with Gasteiger partial charge < -0.3 is 4.74 Å². The maximum atomic E-state index is 5.68. The average Bonchev–Trinajstić information content (AvgIpc) is 2.65. The molecule has 1 heterocycles. The first-order chi connectivity index (χ1) is 7.28. The van der Waals surface area contributed by atoms with Crippen molar-refractivity contribution in [2.45, 2.75) is 5.88 Å². The maximum absolute atomic E-state index is 5.68. The minimum absolute atomic E-state index is 0.480. The quantitative estimate of drug-likeness (QED) is 0.608. The van der Waals surface area contributed by atoms with E-state index >= 15 is 0 Å². The predicted octanol–water partition coefficient (Wildman–Crippen LogP) is 4.28. The molecule has 0 saturated carbocycles. The fraction of sp³-hybridized carbons (Fsp3) is 0.100. The van der Waals surface area contributed by atoms with Crippen LogP contribution in [-0.4, -0.2) is 4.98 Å². The van der Waals surface area contributed by atoms with Crippen molar-refractivity contribution >= 4 is 45.5 Å². The van der Waals surface area contributed by atoms with Gasteiger partial charge in [0.05, 0.1) is 5.88 Å². The Morgan fingerprint density at radius 3 is 3.00 bits per heavy atom. The predicted molar refractivity (Wildman–Crippen MR) is 70.9 cm³/mol. The molecular formula is C10H7ClINOS. The van der Waals surface area contributed by atoms with Crippen LogP contribution >= 0.6 is 45.5 Å². The summed E-state index contributed by atoms with van der Waals surface area (Å²) in [5, 5.41) is 0.632. The van der Waals surface area contributed by atoms with Gasteiger partial charge in [-0.25, -0.2) is 4.98 Å². The molecule has 0 N–H and O–H groups in total. The van der Waals surface area contributed by atoms with Gasteiger partial charge in [0.25, 0.3) is 5.19 Å². The number of halogens is 2. The highest BCUT2D eigenvalue weighted by molar-refractivity contribution is 14.1. The highest BCUT2D eigenvalue weighted by Gasteiger charge is 2.03. The molecule has 78 valence electrons. The fourth-order valence-corrected chi connectivity index (χ4v) is 2.40. The second-order valence-corrected chi connectivity index (χ2v) is 5.38. The summed E-state index contributed by atoms with van der Waals surface area (Å²) in [6.07, 6.45) is 1.74. The average molecular weight is 352 g/mol. The molecule has 0 radical (unpaired) electrons. The lowest BCUT2D eigenvalue weighted by Crippen LogP contribution is -1.82. The molecule has 2 aromatic rings. The van der Waals surface area contributed by atoms with Gasteiger partial charge in [0.2, 0.25) is 0 Å². The minimum atomic E-state index is 0.480. The maximum Gasteiger partial charge on any atom is 0.278 e. The van der Waals surface area contributed by atoms with Crippen LogP contribution in [0.5, 0.6) is 10.9 Å². The van der Waals surface area contributed by atoms with Crippen molar-refractivity contribution in [3.8, 4) is 10.9 Å². The highest BCUT2D eigenvalue weighted by atomic mass is 127. The smallest absolute Gasteiger partial charge is 0.278 e. The number of nitrogens with zero attached hydrogens (tertiary/aromatic N) is 1. The molecule has 0 spiro atoms. The molecule has 0 bridgehead atoms. The molecular weight excluding hydrogens is 345 g/mol. The summed E-state index contributed by atoms with van der Waals surface area (Å²) >= 11 is 9.39. The zero-order valence-corrected chi connectivity index (χ0v) is 11.3. The molecule has 0 fully saturated rings. The van der Waals surface area contributed by atoms with Crippen LogP contribution in [0.2, 0.25) is 0 Å². The summed E-state index contributed by atoms with van der Waals surface area (Å²) < 4.78 is 6.72. The van der Waals surface area contributed by atoms with Gasteiger partial charge in [-0.1, -0.05) is 17.4 Å². The van der Waals surface area contributed by atoms with Crippen molar-refractivity contribution in [2.24, 2.45) is 0 Å². The van der Waals surface area contributed by atoms with E-state index in [1.54, 1.807) is 6.20 Å². The van der Waals surface area contributed by atoms with Crippen molar-refractivity contribution in [3.63, 3.8) is 0 Å². The normalized spacial score (nSPS) is 10.3. The minimum Gasteiger partial charge on any atom is -0.431 e. The van der Waals surface area contributed by atoms with Crippen molar-refractivity contribution in [2.75, 3.05) is 0 Å². The van der Waals surface area contributed by atoms with E-state index in [1.165, 1.54) is 11.3 Å². The first-order valence-electron chi connectivity index (χ1n) is 4.22. The molecule has 0 atom stereocenters. The molecule has 5 heteroatoms. The molecule has 0 amide bonds. The number of rotatable bonds is 3. The summed E-state index contributed by atoms with van der Waals surface area (Å²) in [4.78, 5) is 5.13. The Labute approximate surface area is 110 Å². The van der Waals surface area contributed by atoms with Crippen LogP contribution in [0.4, 0.5) is 0 Å². The van der Waals surface area contributed by atoms with Gasteiger partial charge >= 0.3 is 0 Å². The third-order valence-electron chi connectivity index (χ3n) is 1.67. The molecule has 1 aromatic carbocycles. The van der Waals surface area contributed by atoms with Crippen LogP contribution in [0, 0.1) is 3.57 Å². The number of thiazole rings is 1. The van der Waals surface area contributed by atoms with Crippen molar-refractivity contribution < 1.29 is 4.74 Å². The monoisotopic (exact) mass is 351 g/mol. The topological polar surface area (TPSA) is 22.1 Å². The number of hydrogen-bond acceptors (Lipinski definition) is 3. The Morgan fingerprint density at radius 2 is 2.33 bits per heavy atom. The lowest BCUT2D eigenvalue weighted by molar-refractivity contribution is 0.478. The van der Waals surface area contributed by atoms with Crippen LogP contribution in [-0.2, 0) is 5.88 Å².